The molecule has 5 heteroatoms. The van der Waals surface area contributed by atoms with E-state index in [4.69, 9.17) is 5.11 Å². The Hall–Kier alpha value is -0.970. The SMILES string of the molecule is O=C(O)C1CC(N=NC2CCC3CCCCC3C2)CCC1O. The van der Waals surface area contributed by atoms with Gasteiger partial charge >= 0.3 is 5.97 Å². The van der Waals surface area contributed by atoms with E-state index in [9.17, 15) is 9.90 Å². The van der Waals surface area contributed by atoms with Crippen molar-refractivity contribution in [3.8, 4) is 0 Å². The van der Waals surface area contributed by atoms with Gasteiger partial charge in [0.05, 0.1) is 24.1 Å². The topological polar surface area (TPSA) is 82.2 Å². The van der Waals surface area contributed by atoms with Crippen molar-refractivity contribution in [2.45, 2.75) is 82.4 Å². The van der Waals surface area contributed by atoms with Crippen LogP contribution in [0.15, 0.2) is 10.2 Å². The molecule has 2 N–H and O–H groups in total. The molecule has 0 heterocycles. The average molecular weight is 308 g/mol. The normalized spacial score (nSPS) is 43.0. The number of hydrogen-bond acceptors (Lipinski definition) is 4. The van der Waals surface area contributed by atoms with Gasteiger partial charge in [0, 0.05) is 0 Å². The van der Waals surface area contributed by atoms with E-state index in [2.05, 4.69) is 10.2 Å². The number of aliphatic hydroxyl groups excluding tert-OH is 1. The molecule has 0 aliphatic heterocycles. The molecule has 3 aliphatic carbocycles. The van der Waals surface area contributed by atoms with E-state index >= 15 is 0 Å². The quantitative estimate of drug-likeness (QED) is 0.784. The first-order valence-electron chi connectivity index (χ1n) is 8.94. The zero-order chi connectivity index (χ0) is 15.5. The molecular weight excluding hydrogens is 280 g/mol. The molecule has 0 aromatic heterocycles. The standard InChI is InChI=1S/C17H28N2O3/c20-16-8-7-14(10-15(16)17(21)22)19-18-13-6-5-11-3-1-2-4-12(11)9-13/h11-16,20H,1-10H2,(H,21,22). The molecule has 0 amide bonds. The molecular formula is C17H28N2O3. The highest BCUT2D eigenvalue weighted by Crippen LogP contribution is 2.41. The molecule has 3 saturated carbocycles. The Morgan fingerprint density at radius 2 is 1.45 bits per heavy atom. The highest BCUT2D eigenvalue weighted by Gasteiger charge is 2.35. The Morgan fingerprint density at radius 3 is 2.18 bits per heavy atom. The maximum Gasteiger partial charge on any atom is 0.309 e. The summed E-state index contributed by atoms with van der Waals surface area (Å²) in [6, 6.07) is 0.322. The van der Waals surface area contributed by atoms with Gasteiger partial charge < -0.3 is 10.2 Å². The summed E-state index contributed by atoms with van der Waals surface area (Å²) < 4.78 is 0. The predicted molar refractivity (Wildman–Crippen MR) is 82.7 cm³/mol. The molecule has 22 heavy (non-hydrogen) atoms. The third-order valence-electron chi connectivity index (χ3n) is 6.01. The van der Waals surface area contributed by atoms with Gasteiger partial charge in [-0.05, 0) is 50.4 Å². The van der Waals surface area contributed by atoms with E-state index in [0.717, 1.165) is 24.7 Å². The molecule has 0 aromatic carbocycles. The van der Waals surface area contributed by atoms with Crippen LogP contribution in [0, 0.1) is 17.8 Å². The number of carboxylic acids is 1. The average Bonchev–Trinajstić information content (AvgIpc) is 2.53. The fourth-order valence-electron chi connectivity index (χ4n) is 4.64. The summed E-state index contributed by atoms with van der Waals surface area (Å²) in [4.78, 5) is 11.1. The van der Waals surface area contributed by atoms with Gasteiger partial charge in [0.25, 0.3) is 0 Å². The molecule has 3 rings (SSSR count). The Kier molecular flexibility index (Phi) is 5.11. The largest absolute Gasteiger partial charge is 0.481 e. The molecule has 0 spiro atoms. The van der Waals surface area contributed by atoms with Crippen molar-refractivity contribution in [2.75, 3.05) is 0 Å². The first-order chi connectivity index (χ1) is 10.6. The maximum atomic E-state index is 11.1. The fourth-order valence-corrected chi connectivity index (χ4v) is 4.64. The highest BCUT2D eigenvalue weighted by atomic mass is 16.4. The van der Waals surface area contributed by atoms with Crippen molar-refractivity contribution < 1.29 is 15.0 Å². The minimum atomic E-state index is -0.907. The fraction of sp³-hybridized carbons (Fsp3) is 0.941. The molecule has 0 aromatic rings. The molecule has 6 atom stereocenters. The van der Waals surface area contributed by atoms with Crippen LogP contribution in [-0.4, -0.2) is 34.4 Å². The molecule has 0 radical (unpaired) electrons. The van der Waals surface area contributed by atoms with Crippen LogP contribution in [0.1, 0.15) is 64.2 Å². The zero-order valence-corrected chi connectivity index (χ0v) is 13.2. The Balaban J connectivity index is 1.52. The van der Waals surface area contributed by atoms with Crippen LogP contribution in [0.2, 0.25) is 0 Å². The molecule has 3 aliphatic rings. The van der Waals surface area contributed by atoms with Crippen LogP contribution in [0.25, 0.3) is 0 Å². The van der Waals surface area contributed by atoms with Gasteiger partial charge in [0.1, 0.15) is 0 Å². The Morgan fingerprint density at radius 1 is 0.818 bits per heavy atom. The lowest BCUT2D eigenvalue weighted by Gasteiger charge is -2.37. The van der Waals surface area contributed by atoms with Crippen LogP contribution in [0.5, 0.6) is 0 Å². The second-order valence-electron chi connectivity index (χ2n) is 7.48. The maximum absolute atomic E-state index is 11.1. The van der Waals surface area contributed by atoms with Crippen molar-refractivity contribution in [1.82, 2.24) is 0 Å². The Labute approximate surface area is 132 Å². The van der Waals surface area contributed by atoms with E-state index in [-0.39, 0.29) is 6.04 Å². The van der Waals surface area contributed by atoms with Crippen LogP contribution in [0.4, 0.5) is 0 Å². The number of carboxylic acid groups (broad SMARTS) is 1. The first-order valence-corrected chi connectivity index (χ1v) is 8.94. The van der Waals surface area contributed by atoms with Gasteiger partial charge in [-0.1, -0.05) is 25.7 Å². The zero-order valence-electron chi connectivity index (χ0n) is 13.2. The van der Waals surface area contributed by atoms with Crippen molar-refractivity contribution in [3.63, 3.8) is 0 Å². The van der Waals surface area contributed by atoms with Crippen LogP contribution in [0.3, 0.4) is 0 Å². The number of azo groups is 1. The molecule has 0 bridgehead atoms. The molecule has 124 valence electrons. The number of aliphatic hydroxyl groups is 1. The van der Waals surface area contributed by atoms with E-state index in [1.807, 2.05) is 0 Å². The minimum absolute atomic E-state index is 0.0198. The van der Waals surface area contributed by atoms with Crippen molar-refractivity contribution >= 4 is 5.97 Å². The van der Waals surface area contributed by atoms with Crippen molar-refractivity contribution in [3.05, 3.63) is 0 Å². The summed E-state index contributed by atoms with van der Waals surface area (Å²) in [6.45, 7) is 0. The second kappa shape index (κ2) is 7.07. The number of carbonyl (C=O) groups is 1. The molecule has 5 nitrogen and oxygen atoms in total. The van der Waals surface area contributed by atoms with Crippen molar-refractivity contribution in [1.29, 1.82) is 0 Å². The van der Waals surface area contributed by atoms with Crippen LogP contribution in [-0.2, 0) is 4.79 Å². The van der Waals surface area contributed by atoms with Gasteiger partial charge in [-0.25, -0.2) is 0 Å². The summed E-state index contributed by atoms with van der Waals surface area (Å²) in [5, 5.41) is 27.9. The third-order valence-corrected chi connectivity index (χ3v) is 6.01. The number of nitrogens with zero attached hydrogens (tertiary/aromatic N) is 2. The lowest BCUT2D eigenvalue weighted by atomic mass is 9.69. The predicted octanol–water partition coefficient (Wildman–Crippen LogP) is 3.41. The smallest absolute Gasteiger partial charge is 0.309 e. The van der Waals surface area contributed by atoms with Gasteiger partial charge in [0.2, 0.25) is 0 Å². The molecule has 6 unspecified atom stereocenters. The summed E-state index contributed by atoms with van der Waals surface area (Å²) in [5.74, 6) is 0.176. The van der Waals surface area contributed by atoms with Gasteiger partial charge in [-0.15, -0.1) is 0 Å². The summed E-state index contributed by atoms with van der Waals surface area (Å²) in [7, 11) is 0. The lowest BCUT2D eigenvalue weighted by molar-refractivity contribution is -0.147. The first kappa shape index (κ1) is 15.9. The highest BCUT2D eigenvalue weighted by molar-refractivity contribution is 5.70. The monoisotopic (exact) mass is 308 g/mol. The summed E-state index contributed by atoms with van der Waals surface area (Å²) >= 11 is 0. The second-order valence-corrected chi connectivity index (χ2v) is 7.48. The third kappa shape index (κ3) is 3.67. The molecule has 0 saturated heterocycles. The lowest BCUT2D eigenvalue weighted by Crippen LogP contribution is -2.36. The van der Waals surface area contributed by atoms with Gasteiger partial charge in [0.15, 0.2) is 0 Å². The van der Waals surface area contributed by atoms with E-state index < -0.39 is 18.0 Å². The molecule has 3 fully saturated rings. The van der Waals surface area contributed by atoms with Crippen molar-refractivity contribution in [2.24, 2.45) is 28.0 Å². The van der Waals surface area contributed by atoms with Crippen LogP contribution < -0.4 is 0 Å². The van der Waals surface area contributed by atoms with E-state index in [1.54, 1.807) is 0 Å². The minimum Gasteiger partial charge on any atom is -0.481 e. The number of hydrogen-bond donors (Lipinski definition) is 2. The van der Waals surface area contributed by atoms with Gasteiger partial charge in [-0.2, -0.15) is 10.2 Å². The van der Waals surface area contributed by atoms with Crippen LogP contribution >= 0.6 is 0 Å². The number of fused-ring (bicyclic) bond motifs is 1. The number of aliphatic carboxylic acids is 1. The Bertz CT molecular complexity index is 426. The van der Waals surface area contributed by atoms with Gasteiger partial charge in [-0.3, -0.25) is 4.79 Å². The van der Waals surface area contributed by atoms with E-state index in [1.165, 1.54) is 38.5 Å². The summed E-state index contributed by atoms with van der Waals surface area (Å²) in [6.07, 6.45) is 10.1. The summed E-state index contributed by atoms with van der Waals surface area (Å²) in [5.41, 5.74) is 0. The van der Waals surface area contributed by atoms with E-state index in [0.29, 0.717) is 18.9 Å². The number of rotatable bonds is 3.